The van der Waals surface area contributed by atoms with Crippen molar-refractivity contribution in [3.63, 3.8) is 0 Å². The third-order valence-corrected chi connectivity index (χ3v) is 3.32. The van der Waals surface area contributed by atoms with Crippen LogP contribution in [-0.4, -0.2) is 50.1 Å². The molecular formula is C8H11BN4O2. The van der Waals surface area contributed by atoms with Gasteiger partial charge in [-0.05, 0) is 5.82 Å². The highest BCUT2D eigenvalue weighted by atomic mass is 16.3. The maximum absolute atomic E-state index is 9.78. The van der Waals surface area contributed by atoms with Crippen molar-refractivity contribution in [1.82, 2.24) is 19.8 Å². The molecule has 1 aliphatic carbocycles. The lowest BCUT2D eigenvalue weighted by atomic mass is 9.57. The van der Waals surface area contributed by atoms with E-state index in [2.05, 4.69) is 15.2 Å². The van der Waals surface area contributed by atoms with Crippen molar-refractivity contribution in [3.05, 3.63) is 18.1 Å². The number of H-pyrrole nitrogens is 1. The van der Waals surface area contributed by atoms with Crippen LogP contribution >= 0.6 is 0 Å². The van der Waals surface area contributed by atoms with Crippen LogP contribution in [0.25, 0.3) is 5.65 Å². The van der Waals surface area contributed by atoms with E-state index in [1.165, 1.54) is 11.0 Å². The van der Waals surface area contributed by atoms with Crippen molar-refractivity contribution in [2.75, 3.05) is 0 Å². The molecule has 0 aromatic carbocycles. The second kappa shape index (κ2) is 2.83. The number of nitrogens with one attached hydrogen (secondary N) is 1. The van der Waals surface area contributed by atoms with Gasteiger partial charge in [0.2, 0.25) is 0 Å². The standard InChI is InChI=1S/C8H11BN4O2/c9-5-6(14)4(7(5)15)3-1-11-13-8(3)10-2-12-13/h1-2,4-7,14-15H,9H2,(H,10,12). The van der Waals surface area contributed by atoms with Crippen LogP contribution < -0.4 is 0 Å². The molecule has 0 spiro atoms. The van der Waals surface area contributed by atoms with Gasteiger partial charge in [0.1, 0.15) is 14.2 Å². The van der Waals surface area contributed by atoms with Gasteiger partial charge in [-0.3, -0.25) is 0 Å². The Balaban J connectivity index is 2.05. The minimum absolute atomic E-state index is 0.0760. The number of aliphatic hydroxyl groups is 2. The molecule has 0 amide bonds. The molecule has 1 saturated carbocycles. The molecule has 3 N–H and O–H groups in total. The monoisotopic (exact) mass is 206 g/mol. The average molecular weight is 206 g/mol. The topological polar surface area (TPSA) is 86.4 Å². The average Bonchev–Trinajstić information content (AvgIpc) is 2.82. The molecule has 0 radical (unpaired) electrons. The van der Waals surface area contributed by atoms with Crippen molar-refractivity contribution in [3.8, 4) is 0 Å². The van der Waals surface area contributed by atoms with E-state index in [-0.39, 0.29) is 11.7 Å². The van der Waals surface area contributed by atoms with Gasteiger partial charge in [-0.15, -0.1) is 9.73 Å². The van der Waals surface area contributed by atoms with Crippen molar-refractivity contribution in [2.45, 2.75) is 23.9 Å². The number of aromatic nitrogens is 4. The van der Waals surface area contributed by atoms with Gasteiger partial charge in [0.25, 0.3) is 0 Å². The highest BCUT2D eigenvalue weighted by Gasteiger charge is 2.47. The van der Waals surface area contributed by atoms with Crippen LogP contribution in [0.1, 0.15) is 11.5 Å². The van der Waals surface area contributed by atoms with Crippen molar-refractivity contribution >= 4 is 13.5 Å². The molecule has 3 rings (SSSR count). The Hall–Kier alpha value is -1.34. The van der Waals surface area contributed by atoms with E-state index < -0.39 is 12.2 Å². The number of hydrogen-bond donors (Lipinski definition) is 3. The molecule has 7 heteroatoms. The Morgan fingerprint density at radius 2 is 2.07 bits per heavy atom. The normalized spacial score (nSPS) is 35.6. The van der Waals surface area contributed by atoms with Gasteiger partial charge in [0.05, 0.1) is 18.4 Å². The summed E-state index contributed by atoms with van der Waals surface area (Å²) in [6, 6.07) is 0. The van der Waals surface area contributed by atoms with Crippen LogP contribution in [0.2, 0.25) is 5.82 Å². The van der Waals surface area contributed by atoms with E-state index in [0.29, 0.717) is 0 Å². The van der Waals surface area contributed by atoms with Gasteiger partial charge in [-0.25, -0.2) is 0 Å². The van der Waals surface area contributed by atoms with E-state index in [0.717, 1.165) is 11.2 Å². The van der Waals surface area contributed by atoms with Gasteiger partial charge in [-0.1, -0.05) is 0 Å². The molecule has 2 atom stereocenters. The first kappa shape index (κ1) is 8.93. The largest absolute Gasteiger partial charge is 0.393 e. The lowest BCUT2D eigenvalue weighted by molar-refractivity contribution is -0.0501. The number of rotatable bonds is 1. The Bertz CT molecular complexity index is 486. The van der Waals surface area contributed by atoms with Crippen LogP contribution in [0, 0.1) is 0 Å². The summed E-state index contributed by atoms with van der Waals surface area (Å²) in [4.78, 5) is 2.94. The SMILES string of the molecule is BC1C(O)C(c2cnn3nc[nH]c23)C1O. The Morgan fingerprint density at radius 3 is 2.80 bits per heavy atom. The minimum atomic E-state index is -0.503. The number of fused-ring (bicyclic) bond motifs is 1. The molecule has 1 fully saturated rings. The summed E-state index contributed by atoms with van der Waals surface area (Å²) in [6.07, 6.45) is 2.17. The number of nitrogens with zero attached hydrogens (tertiary/aromatic N) is 3. The predicted molar refractivity (Wildman–Crippen MR) is 54.4 cm³/mol. The zero-order valence-corrected chi connectivity index (χ0v) is 8.20. The van der Waals surface area contributed by atoms with Crippen LogP contribution in [0.3, 0.4) is 0 Å². The first-order valence-electron chi connectivity index (χ1n) is 4.93. The maximum atomic E-state index is 9.78. The summed E-state index contributed by atoms with van der Waals surface area (Å²) in [5.41, 5.74) is 1.57. The van der Waals surface area contributed by atoms with Crippen LogP contribution in [0.15, 0.2) is 12.5 Å². The summed E-state index contributed by atoms with van der Waals surface area (Å²) < 4.78 is 1.46. The van der Waals surface area contributed by atoms with Crippen LogP contribution in [0.5, 0.6) is 0 Å². The first-order valence-corrected chi connectivity index (χ1v) is 4.93. The number of aromatic amines is 1. The highest BCUT2D eigenvalue weighted by Crippen LogP contribution is 2.45. The molecule has 1 aliphatic rings. The Labute approximate surface area is 86.3 Å². The third kappa shape index (κ3) is 1.02. The molecule has 0 aliphatic heterocycles. The summed E-state index contributed by atoms with van der Waals surface area (Å²) in [7, 11) is 1.83. The summed E-state index contributed by atoms with van der Waals surface area (Å²) >= 11 is 0. The molecule has 6 nitrogen and oxygen atoms in total. The summed E-state index contributed by atoms with van der Waals surface area (Å²) in [6.45, 7) is 0. The lowest BCUT2D eigenvalue weighted by Crippen LogP contribution is -2.49. The zero-order valence-electron chi connectivity index (χ0n) is 8.20. The molecule has 2 aromatic rings. The number of hydrogen-bond acceptors (Lipinski definition) is 4. The fourth-order valence-corrected chi connectivity index (χ4v) is 2.25. The second-order valence-electron chi connectivity index (χ2n) is 4.09. The molecular weight excluding hydrogens is 195 g/mol. The lowest BCUT2D eigenvalue weighted by Gasteiger charge is -2.44. The Morgan fingerprint density at radius 1 is 1.33 bits per heavy atom. The summed E-state index contributed by atoms with van der Waals surface area (Å²) in [5, 5.41) is 27.5. The molecule has 2 heterocycles. The van der Waals surface area contributed by atoms with E-state index in [1.807, 2.05) is 7.85 Å². The van der Waals surface area contributed by atoms with Gasteiger partial charge < -0.3 is 15.2 Å². The van der Waals surface area contributed by atoms with E-state index >= 15 is 0 Å². The quantitative estimate of drug-likeness (QED) is 0.485. The van der Waals surface area contributed by atoms with Gasteiger partial charge in [0, 0.05) is 11.5 Å². The maximum Gasteiger partial charge on any atom is 0.159 e. The zero-order chi connectivity index (χ0) is 10.6. The molecule has 15 heavy (non-hydrogen) atoms. The summed E-state index contributed by atoms with van der Waals surface area (Å²) in [5.74, 6) is -0.328. The van der Waals surface area contributed by atoms with E-state index in [9.17, 15) is 10.2 Å². The molecule has 0 bridgehead atoms. The van der Waals surface area contributed by atoms with Crippen molar-refractivity contribution < 1.29 is 10.2 Å². The first-order chi connectivity index (χ1) is 7.20. The minimum Gasteiger partial charge on any atom is -0.393 e. The van der Waals surface area contributed by atoms with E-state index in [4.69, 9.17) is 0 Å². The van der Waals surface area contributed by atoms with Gasteiger partial charge >= 0.3 is 0 Å². The van der Waals surface area contributed by atoms with Gasteiger partial charge in [0.15, 0.2) is 5.65 Å². The number of aliphatic hydroxyl groups excluding tert-OH is 2. The van der Waals surface area contributed by atoms with E-state index in [1.54, 1.807) is 6.20 Å². The molecule has 2 aromatic heterocycles. The van der Waals surface area contributed by atoms with Gasteiger partial charge in [-0.2, -0.15) is 5.10 Å². The third-order valence-electron chi connectivity index (χ3n) is 3.32. The predicted octanol–water partition coefficient (Wildman–Crippen LogP) is -1.70. The van der Waals surface area contributed by atoms with Crippen LogP contribution in [0.4, 0.5) is 0 Å². The Kier molecular flexibility index (Phi) is 1.69. The van der Waals surface area contributed by atoms with Crippen LogP contribution in [-0.2, 0) is 0 Å². The molecule has 78 valence electrons. The van der Waals surface area contributed by atoms with Crippen molar-refractivity contribution in [2.24, 2.45) is 0 Å². The van der Waals surface area contributed by atoms with Crippen molar-refractivity contribution in [1.29, 1.82) is 0 Å². The smallest absolute Gasteiger partial charge is 0.159 e. The molecule has 0 saturated heterocycles. The second-order valence-corrected chi connectivity index (χ2v) is 4.09. The fraction of sp³-hybridized carbons (Fsp3) is 0.500. The molecule has 2 unspecified atom stereocenters. The fourth-order valence-electron chi connectivity index (χ4n) is 2.25. The highest BCUT2D eigenvalue weighted by molar-refractivity contribution is 6.13.